The highest BCUT2D eigenvalue weighted by molar-refractivity contribution is 5.95. The summed E-state index contributed by atoms with van der Waals surface area (Å²) in [6.07, 6.45) is 3.37. The summed E-state index contributed by atoms with van der Waals surface area (Å²) in [5, 5.41) is 3.15. The molecule has 0 saturated carbocycles. The number of piperidine rings is 1. The highest BCUT2D eigenvalue weighted by Gasteiger charge is 2.37. The summed E-state index contributed by atoms with van der Waals surface area (Å²) in [6.45, 7) is 5.18. The standard InChI is InChI=1S/C16H24N2O/c1-12-8-7-9-13(2)15(12)17-16(19)14-10-5-6-11-18(14,3)4/h7-9,14H,5-6,10-11H2,1-4H3/p+1/t14-/m1/s1. The Morgan fingerprint density at radius 3 is 2.42 bits per heavy atom. The Morgan fingerprint density at radius 2 is 1.84 bits per heavy atom. The van der Waals surface area contributed by atoms with Crippen LogP contribution in [-0.4, -0.2) is 37.1 Å². The fraction of sp³-hybridized carbons (Fsp3) is 0.562. The summed E-state index contributed by atoms with van der Waals surface area (Å²) < 4.78 is 0.802. The first-order valence-electron chi connectivity index (χ1n) is 7.11. The number of hydrogen-bond donors (Lipinski definition) is 1. The van der Waals surface area contributed by atoms with Crippen LogP contribution in [0.3, 0.4) is 0 Å². The first kappa shape index (κ1) is 14.1. The topological polar surface area (TPSA) is 29.1 Å². The van der Waals surface area contributed by atoms with Gasteiger partial charge in [0.05, 0.1) is 20.6 Å². The van der Waals surface area contributed by atoms with Gasteiger partial charge in [0, 0.05) is 12.1 Å². The van der Waals surface area contributed by atoms with E-state index in [-0.39, 0.29) is 11.9 Å². The summed E-state index contributed by atoms with van der Waals surface area (Å²) in [4.78, 5) is 12.6. The molecular weight excluding hydrogens is 236 g/mol. The Balaban J connectivity index is 2.17. The van der Waals surface area contributed by atoms with Gasteiger partial charge in [-0.1, -0.05) is 18.2 Å². The Bertz CT molecular complexity index is 459. The van der Waals surface area contributed by atoms with Crippen molar-refractivity contribution in [2.24, 2.45) is 0 Å². The van der Waals surface area contributed by atoms with Crippen LogP contribution in [0.5, 0.6) is 0 Å². The maximum absolute atomic E-state index is 12.6. The van der Waals surface area contributed by atoms with Gasteiger partial charge >= 0.3 is 0 Å². The lowest BCUT2D eigenvalue weighted by Gasteiger charge is -2.40. The zero-order chi connectivity index (χ0) is 14.0. The van der Waals surface area contributed by atoms with E-state index in [1.54, 1.807) is 0 Å². The molecule has 1 aliphatic rings. The summed E-state index contributed by atoms with van der Waals surface area (Å²) in [5.41, 5.74) is 3.25. The molecule has 1 aromatic carbocycles. The molecule has 1 amide bonds. The maximum Gasteiger partial charge on any atom is 0.282 e. The molecule has 0 spiro atoms. The van der Waals surface area contributed by atoms with Crippen LogP contribution in [0.1, 0.15) is 30.4 Å². The molecule has 0 radical (unpaired) electrons. The number of nitrogens with zero attached hydrogens (tertiary/aromatic N) is 1. The molecule has 2 rings (SSSR count). The van der Waals surface area contributed by atoms with E-state index in [2.05, 4.69) is 19.4 Å². The van der Waals surface area contributed by atoms with E-state index in [1.165, 1.54) is 6.42 Å². The lowest BCUT2D eigenvalue weighted by atomic mass is 9.99. The molecule has 104 valence electrons. The molecule has 3 heteroatoms. The molecule has 1 fully saturated rings. The lowest BCUT2D eigenvalue weighted by molar-refractivity contribution is -0.910. The van der Waals surface area contributed by atoms with E-state index in [9.17, 15) is 4.79 Å². The van der Waals surface area contributed by atoms with Crippen LogP contribution in [0, 0.1) is 13.8 Å². The molecule has 0 aliphatic carbocycles. The predicted molar refractivity (Wildman–Crippen MR) is 79.2 cm³/mol. The third-order valence-corrected chi connectivity index (χ3v) is 4.34. The number of anilines is 1. The molecule has 3 nitrogen and oxygen atoms in total. The largest absolute Gasteiger partial charge is 0.320 e. The van der Waals surface area contributed by atoms with E-state index in [4.69, 9.17) is 0 Å². The fourth-order valence-electron chi connectivity index (χ4n) is 3.03. The van der Waals surface area contributed by atoms with Crippen LogP contribution >= 0.6 is 0 Å². The lowest BCUT2D eigenvalue weighted by Crippen LogP contribution is -2.57. The highest BCUT2D eigenvalue weighted by Crippen LogP contribution is 2.25. The van der Waals surface area contributed by atoms with Crippen molar-refractivity contribution < 1.29 is 9.28 Å². The normalized spacial score (nSPS) is 22.0. The minimum atomic E-state index is 0.0766. The monoisotopic (exact) mass is 261 g/mol. The number of aryl methyl sites for hydroxylation is 2. The van der Waals surface area contributed by atoms with Crippen LogP contribution in [0.25, 0.3) is 0 Å². The quantitative estimate of drug-likeness (QED) is 0.815. The number of rotatable bonds is 2. The van der Waals surface area contributed by atoms with Crippen molar-refractivity contribution in [3.63, 3.8) is 0 Å². The van der Waals surface area contributed by atoms with Crippen molar-refractivity contribution in [3.8, 4) is 0 Å². The molecule has 1 N–H and O–H groups in total. The van der Waals surface area contributed by atoms with Gasteiger partial charge in [-0.2, -0.15) is 0 Å². The number of carbonyl (C=O) groups is 1. The van der Waals surface area contributed by atoms with Crippen molar-refractivity contribution in [2.75, 3.05) is 26.0 Å². The Kier molecular flexibility index (Phi) is 3.95. The number of para-hydroxylation sites is 1. The third-order valence-electron chi connectivity index (χ3n) is 4.34. The molecule has 0 bridgehead atoms. The van der Waals surface area contributed by atoms with E-state index in [0.717, 1.165) is 40.7 Å². The average molecular weight is 261 g/mol. The zero-order valence-electron chi connectivity index (χ0n) is 12.5. The second kappa shape index (κ2) is 5.33. The zero-order valence-corrected chi connectivity index (χ0v) is 12.5. The number of likely N-dealkylation sites (tertiary alicyclic amines) is 1. The minimum Gasteiger partial charge on any atom is -0.320 e. The maximum atomic E-state index is 12.6. The van der Waals surface area contributed by atoms with Crippen LogP contribution in [0.2, 0.25) is 0 Å². The highest BCUT2D eigenvalue weighted by atomic mass is 16.2. The van der Waals surface area contributed by atoms with Gasteiger partial charge in [0.25, 0.3) is 5.91 Å². The average Bonchev–Trinajstić information content (AvgIpc) is 2.33. The Morgan fingerprint density at radius 1 is 1.21 bits per heavy atom. The molecule has 19 heavy (non-hydrogen) atoms. The number of benzene rings is 1. The SMILES string of the molecule is Cc1cccc(C)c1NC(=O)[C@H]1CCCC[N+]1(C)C. The second-order valence-electron chi connectivity index (χ2n) is 6.27. The Labute approximate surface area is 116 Å². The van der Waals surface area contributed by atoms with Gasteiger partial charge in [-0.05, 0) is 37.8 Å². The predicted octanol–water partition coefficient (Wildman–Crippen LogP) is 2.87. The first-order valence-corrected chi connectivity index (χ1v) is 7.11. The van der Waals surface area contributed by atoms with Crippen molar-refractivity contribution >= 4 is 11.6 Å². The van der Waals surface area contributed by atoms with Crippen molar-refractivity contribution in [1.29, 1.82) is 0 Å². The smallest absolute Gasteiger partial charge is 0.282 e. The number of hydrogen-bond acceptors (Lipinski definition) is 1. The second-order valence-corrected chi connectivity index (χ2v) is 6.27. The molecule has 1 aliphatic heterocycles. The number of amides is 1. The third kappa shape index (κ3) is 2.98. The van der Waals surface area contributed by atoms with Gasteiger partial charge in [-0.3, -0.25) is 4.79 Å². The number of likely N-dealkylation sites (N-methyl/N-ethyl adjacent to an activating group) is 1. The molecule has 0 aromatic heterocycles. The fourth-order valence-corrected chi connectivity index (χ4v) is 3.03. The summed E-state index contributed by atoms with van der Waals surface area (Å²) in [7, 11) is 4.32. The van der Waals surface area contributed by atoms with E-state index >= 15 is 0 Å². The van der Waals surface area contributed by atoms with Gasteiger partial charge in [-0.15, -0.1) is 0 Å². The van der Waals surface area contributed by atoms with E-state index in [1.807, 2.05) is 32.0 Å². The van der Waals surface area contributed by atoms with Crippen LogP contribution < -0.4 is 5.32 Å². The molecule has 1 aromatic rings. The Hall–Kier alpha value is -1.35. The number of carbonyl (C=O) groups excluding carboxylic acids is 1. The van der Waals surface area contributed by atoms with Gasteiger partial charge in [-0.25, -0.2) is 0 Å². The van der Waals surface area contributed by atoms with Crippen molar-refractivity contribution in [3.05, 3.63) is 29.3 Å². The molecule has 1 heterocycles. The van der Waals surface area contributed by atoms with Crippen LogP contribution in [0.15, 0.2) is 18.2 Å². The summed E-state index contributed by atoms with van der Waals surface area (Å²) >= 11 is 0. The molecule has 0 unspecified atom stereocenters. The summed E-state index contributed by atoms with van der Waals surface area (Å²) in [5.74, 6) is 0.169. The van der Waals surface area contributed by atoms with Gasteiger partial charge in [0.15, 0.2) is 6.04 Å². The van der Waals surface area contributed by atoms with Gasteiger partial charge < -0.3 is 9.80 Å². The molecular formula is C16H25N2O+. The van der Waals surface area contributed by atoms with Crippen LogP contribution in [0.4, 0.5) is 5.69 Å². The molecule has 1 atom stereocenters. The van der Waals surface area contributed by atoms with Crippen molar-refractivity contribution in [1.82, 2.24) is 0 Å². The summed E-state index contributed by atoms with van der Waals surface area (Å²) in [6, 6.07) is 6.20. The van der Waals surface area contributed by atoms with E-state index in [0.29, 0.717) is 0 Å². The minimum absolute atomic E-state index is 0.0766. The van der Waals surface area contributed by atoms with Crippen LogP contribution in [-0.2, 0) is 4.79 Å². The van der Waals surface area contributed by atoms with Gasteiger partial charge in [0.2, 0.25) is 0 Å². The van der Waals surface area contributed by atoms with E-state index < -0.39 is 0 Å². The number of quaternary nitrogens is 1. The van der Waals surface area contributed by atoms with Gasteiger partial charge in [0.1, 0.15) is 0 Å². The van der Waals surface area contributed by atoms with Crippen molar-refractivity contribution in [2.45, 2.75) is 39.2 Å². The molecule has 1 saturated heterocycles. The number of nitrogens with one attached hydrogen (secondary N) is 1. The first-order chi connectivity index (χ1) is 8.92.